The molecule has 1 aliphatic rings. The number of likely N-dealkylation sites (N-methyl/N-ethyl adjacent to an activating group) is 1. The number of carbonyl (C=O) groups excluding carboxylic acids is 2. The monoisotopic (exact) mass is 258 g/mol. The zero-order valence-corrected chi connectivity index (χ0v) is 11.4. The van der Waals surface area contributed by atoms with Crippen LogP contribution in [0.2, 0.25) is 0 Å². The van der Waals surface area contributed by atoms with Crippen molar-refractivity contribution in [3.63, 3.8) is 0 Å². The van der Waals surface area contributed by atoms with Gasteiger partial charge in [0.05, 0.1) is 12.1 Å². The molecule has 0 spiro atoms. The molecule has 4 nitrogen and oxygen atoms in total. The van der Waals surface area contributed by atoms with Gasteiger partial charge in [0.2, 0.25) is 0 Å². The smallest absolute Gasteiger partial charge is 0.322 e. The third kappa shape index (κ3) is 2.26. The second-order valence-electron chi connectivity index (χ2n) is 4.70. The van der Waals surface area contributed by atoms with Crippen LogP contribution in [0.4, 0.5) is 4.79 Å². The van der Waals surface area contributed by atoms with Crippen LogP contribution in [-0.4, -0.2) is 34.8 Å². The van der Waals surface area contributed by atoms with Crippen LogP contribution in [0.3, 0.4) is 0 Å². The van der Waals surface area contributed by atoms with E-state index in [1.54, 1.807) is 24.9 Å². The minimum absolute atomic E-state index is 0.0379. The van der Waals surface area contributed by atoms with E-state index >= 15 is 0 Å². The SMILES string of the molecule is C/C=C\C(=O)N1C(=O)N(C)[C@@H](C)[C@H]1c1ccccc1. The van der Waals surface area contributed by atoms with Crippen LogP contribution < -0.4 is 0 Å². The molecule has 2 rings (SSSR count). The topological polar surface area (TPSA) is 40.6 Å². The highest BCUT2D eigenvalue weighted by Crippen LogP contribution is 2.34. The second kappa shape index (κ2) is 5.26. The zero-order valence-electron chi connectivity index (χ0n) is 11.4. The van der Waals surface area contributed by atoms with E-state index in [1.807, 2.05) is 37.3 Å². The first-order chi connectivity index (χ1) is 9.07. The Balaban J connectivity index is 2.43. The van der Waals surface area contributed by atoms with E-state index in [0.717, 1.165) is 5.56 Å². The molecule has 0 unspecified atom stereocenters. The lowest BCUT2D eigenvalue weighted by Crippen LogP contribution is -2.35. The number of benzene rings is 1. The molecule has 3 amide bonds. The van der Waals surface area contributed by atoms with Crippen LogP contribution >= 0.6 is 0 Å². The van der Waals surface area contributed by atoms with E-state index in [2.05, 4.69) is 0 Å². The van der Waals surface area contributed by atoms with Crippen molar-refractivity contribution in [2.75, 3.05) is 7.05 Å². The summed E-state index contributed by atoms with van der Waals surface area (Å²) in [6.45, 7) is 3.72. The van der Waals surface area contributed by atoms with Crippen molar-refractivity contribution < 1.29 is 9.59 Å². The van der Waals surface area contributed by atoms with Crippen LogP contribution in [0.1, 0.15) is 25.5 Å². The van der Waals surface area contributed by atoms with E-state index in [4.69, 9.17) is 0 Å². The van der Waals surface area contributed by atoms with Gasteiger partial charge in [0.15, 0.2) is 0 Å². The highest BCUT2D eigenvalue weighted by Gasteiger charge is 2.44. The average Bonchev–Trinajstić information content (AvgIpc) is 2.64. The first kappa shape index (κ1) is 13.3. The van der Waals surface area contributed by atoms with Gasteiger partial charge in [0, 0.05) is 7.05 Å². The van der Waals surface area contributed by atoms with Crippen LogP contribution in [-0.2, 0) is 4.79 Å². The summed E-state index contributed by atoms with van der Waals surface area (Å²) in [4.78, 5) is 27.3. The first-order valence-electron chi connectivity index (χ1n) is 6.35. The summed E-state index contributed by atoms with van der Waals surface area (Å²) < 4.78 is 0. The lowest BCUT2D eigenvalue weighted by atomic mass is 10.0. The number of imide groups is 1. The van der Waals surface area contributed by atoms with Gasteiger partial charge in [-0.25, -0.2) is 4.79 Å². The number of amides is 3. The molecule has 4 heteroatoms. The molecule has 1 saturated heterocycles. The van der Waals surface area contributed by atoms with Gasteiger partial charge in [0.25, 0.3) is 5.91 Å². The molecule has 19 heavy (non-hydrogen) atoms. The van der Waals surface area contributed by atoms with Gasteiger partial charge in [-0.1, -0.05) is 36.4 Å². The van der Waals surface area contributed by atoms with Crippen molar-refractivity contribution >= 4 is 11.9 Å². The molecule has 1 aromatic carbocycles. The Labute approximate surface area is 113 Å². The summed E-state index contributed by atoms with van der Waals surface area (Å²) in [7, 11) is 1.73. The number of carbonyl (C=O) groups is 2. The van der Waals surface area contributed by atoms with Crippen molar-refractivity contribution in [3.05, 3.63) is 48.0 Å². The minimum Gasteiger partial charge on any atom is -0.322 e. The van der Waals surface area contributed by atoms with E-state index in [9.17, 15) is 9.59 Å². The van der Waals surface area contributed by atoms with Gasteiger partial charge in [-0.3, -0.25) is 9.69 Å². The summed E-state index contributed by atoms with van der Waals surface area (Å²) in [5.41, 5.74) is 0.977. The fourth-order valence-electron chi connectivity index (χ4n) is 2.42. The van der Waals surface area contributed by atoms with Gasteiger partial charge in [0.1, 0.15) is 0 Å². The Hall–Kier alpha value is -2.10. The number of urea groups is 1. The quantitative estimate of drug-likeness (QED) is 0.765. The molecule has 1 fully saturated rings. The molecule has 0 aromatic heterocycles. The predicted molar refractivity (Wildman–Crippen MR) is 73.5 cm³/mol. The second-order valence-corrected chi connectivity index (χ2v) is 4.70. The molecule has 1 aliphatic heterocycles. The lowest BCUT2D eigenvalue weighted by molar-refractivity contribution is -0.124. The number of hydrogen-bond acceptors (Lipinski definition) is 2. The van der Waals surface area contributed by atoms with Gasteiger partial charge < -0.3 is 4.90 Å². The fourth-order valence-corrected chi connectivity index (χ4v) is 2.42. The normalized spacial score (nSPS) is 23.4. The molecule has 2 atom stereocenters. The van der Waals surface area contributed by atoms with E-state index in [1.165, 1.54) is 11.0 Å². The molecule has 0 aliphatic carbocycles. The number of nitrogens with zero attached hydrogens (tertiary/aromatic N) is 2. The Morgan fingerprint density at radius 1 is 1.26 bits per heavy atom. The van der Waals surface area contributed by atoms with Crippen LogP contribution in [0, 0.1) is 0 Å². The Bertz CT molecular complexity index is 510. The highest BCUT2D eigenvalue weighted by atomic mass is 16.2. The van der Waals surface area contributed by atoms with Crippen LogP contribution in [0.15, 0.2) is 42.5 Å². The number of allylic oxidation sites excluding steroid dienone is 1. The maximum Gasteiger partial charge on any atom is 0.327 e. The maximum absolute atomic E-state index is 12.2. The van der Waals surface area contributed by atoms with Crippen molar-refractivity contribution in [1.29, 1.82) is 0 Å². The van der Waals surface area contributed by atoms with Crippen molar-refractivity contribution in [3.8, 4) is 0 Å². The average molecular weight is 258 g/mol. The summed E-state index contributed by atoms with van der Waals surface area (Å²) in [6.07, 6.45) is 3.08. The minimum atomic E-state index is -0.266. The third-order valence-electron chi connectivity index (χ3n) is 3.54. The van der Waals surface area contributed by atoms with E-state index < -0.39 is 0 Å². The van der Waals surface area contributed by atoms with E-state index in [0.29, 0.717) is 0 Å². The Morgan fingerprint density at radius 2 is 1.89 bits per heavy atom. The van der Waals surface area contributed by atoms with Crippen molar-refractivity contribution in [2.45, 2.75) is 25.9 Å². The molecule has 1 heterocycles. The molecule has 0 N–H and O–H groups in total. The van der Waals surface area contributed by atoms with Crippen molar-refractivity contribution in [1.82, 2.24) is 9.80 Å². The summed E-state index contributed by atoms with van der Waals surface area (Å²) in [5.74, 6) is -0.266. The molecular weight excluding hydrogens is 240 g/mol. The van der Waals surface area contributed by atoms with Gasteiger partial charge in [-0.05, 0) is 25.5 Å². The zero-order chi connectivity index (χ0) is 14.0. The number of hydrogen-bond donors (Lipinski definition) is 0. The summed E-state index contributed by atoms with van der Waals surface area (Å²) >= 11 is 0. The summed E-state index contributed by atoms with van der Waals surface area (Å²) in [5, 5.41) is 0. The first-order valence-corrected chi connectivity index (χ1v) is 6.35. The van der Waals surface area contributed by atoms with Gasteiger partial charge in [-0.2, -0.15) is 0 Å². The Morgan fingerprint density at radius 3 is 2.47 bits per heavy atom. The van der Waals surface area contributed by atoms with E-state index in [-0.39, 0.29) is 24.0 Å². The molecule has 0 saturated carbocycles. The van der Waals surface area contributed by atoms with Crippen molar-refractivity contribution in [2.24, 2.45) is 0 Å². The largest absolute Gasteiger partial charge is 0.327 e. The fraction of sp³-hybridized carbons (Fsp3) is 0.333. The summed E-state index contributed by atoms with van der Waals surface area (Å²) in [6, 6.07) is 9.14. The van der Waals surface area contributed by atoms with Gasteiger partial charge in [-0.15, -0.1) is 0 Å². The number of rotatable bonds is 2. The molecule has 100 valence electrons. The Kier molecular flexibility index (Phi) is 3.69. The van der Waals surface area contributed by atoms with Crippen LogP contribution in [0.25, 0.3) is 0 Å². The molecule has 0 bridgehead atoms. The highest BCUT2D eigenvalue weighted by molar-refractivity contribution is 6.02. The maximum atomic E-state index is 12.2. The van der Waals surface area contributed by atoms with Crippen LogP contribution in [0.5, 0.6) is 0 Å². The molecule has 0 radical (unpaired) electrons. The predicted octanol–water partition coefficient (Wildman–Crippen LogP) is 2.59. The molecule has 1 aromatic rings. The molecular formula is C15H18N2O2. The lowest BCUT2D eigenvalue weighted by Gasteiger charge is -2.23. The third-order valence-corrected chi connectivity index (χ3v) is 3.54. The van der Waals surface area contributed by atoms with Gasteiger partial charge >= 0.3 is 6.03 Å². The standard InChI is InChI=1S/C15H18N2O2/c1-4-8-13(18)17-14(11(2)16(3)15(17)19)12-9-6-5-7-10-12/h4-11,14H,1-3H3/b8-4-/t11-,14-/m0/s1.